The number of nitrogens with one attached hydrogen (secondary N) is 1. The molecule has 0 radical (unpaired) electrons. The lowest BCUT2D eigenvalue weighted by Crippen LogP contribution is -2.47. The van der Waals surface area contributed by atoms with Crippen molar-refractivity contribution in [1.82, 2.24) is 30.4 Å². The van der Waals surface area contributed by atoms with E-state index in [1.165, 1.54) is 16.8 Å². The van der Waals surface area contributed by atoms with Gasteiger partial charge in [0.15, 0.2) is 5.82 Å². The van der Waals surface area contributed by atoms with Crippen molar-refractivity contribution in [3.05, 3.63) is 35.7 Å². The van der Waals surface area contributed by atoms with E-state index in [-0.39, 0.29) is 12.5 Å². The first kappa shape index (κ1) is 15.4. The van der Waals surface area contributed by atoms with Crippen LogP contribution in [0.5, 0.6) is 0 Å². The highest BCUT2D eigenvalue weighted by molar-refractivity contribution is 5.78. The maximum Gasteiger partial charge on any atom is 0.416 e. The number of carbonyl (C=O) groups excluding carboxylic acids is 1. The van der Waals surface area contributed by atoms with Crippen LogP contribution in [0.2, 0.25) is 0 Å². The van der Waals surface area contributed by atoms with E-state index in [2.05, 4.69) is 20.8 Å². The lowest BCUT2D eigenvalue weighted by atomic mass is 10.2. The third-order valence-electron chi connectivity index (χ3n) is 3.46. The van der Waals surface area contributed by atoms with Gasteiger partial charge in [-0.1, -0.05) is 0 Å². The standard InChI is InChI=1S/C13H13F3N6O/c14-13(15,16)9-1-3-10(4-2-9)22-11(18-19-20-22)7-21-6-5-17-12(23)8-21/h1-4H,5-8H2,(H,17,23). The normalized spacial score (nSPS) is 16.4. The van der Waals surface area contributed by atoms with E-state index in [9.17, 15) is 18.0 Å². The van der Waals surface area contributed by atoms with E-state index in [1.54, 1.807) is 0 Å². The van der Waals surface area contributed by atoms with Gasteiger partial charge in [-0.25, -0.2) is 0 Å². The molecule has 0 unspecified atom stereocenters. The third-order valence-corrected chi connectivity index (χ3v) is 3.46. The first-order valence-corrected chi connectivity index (χ1v) is 6.87. The summed E-state index contributed by atoms with van der Waals surface area (Å²) >= 11 is 0. The van der Waals surface area contributed by atoms with Crippen LogP contribution in [0.1, 0.15) is 11.4 Å². The monoisotopic (exact) mass is 326 g/mol. The Morgan fingerprint density at radius 3 is 2.61 bits per heavy atom. The Bertz CT molecular complexity index is 696. The first-order valence-electron chi connectivity index (χ1n) is 6.87. The van der Waals surface area contributed by atoms with Crippen LogP contribution in [0.15, 0.2) is 24.3 Å². The second-order valence-electron chi connectivity index (χ2n) is 5.11. The SMILES string of the molecule is O=C1CN(Cc2nnnn2-c2ccc(C(F)(F)F)cc2)CCN1. The van der Waals surface area contributed by atoms with E-state index >= 15 is 0 Å². The van der Waals surface area contributed by atoms with Crippen molar-refractivity contribution in [2.45, 2.75) is 12.7 Å². The van der Waals surface area contributed by atoms with Gasteiger partial charge in [-0.2, -0.15) is 17.9 Å². The number of carbonyl (C=O) groups is 1. The number of halogens is 3. The van der Waals surface area contributed by atoms with E-state index in [4.69, 9.17) is 0 Å². The number of amides is 1. The predicted molar refractivity (Wildman–Crippen MR) is 72.4 cm³/mol. The van der Waals surface area contributed by atoms with Crippen molar-refractivity contribution in [3.63, 3.8) is 0 Å². The van der Waals surface area contributed by atoms with E-state index in [0.29, 0.717) is 31.1 Å². The molecule has 10 heteroatoms. The van der Waals surface area contributed by atoms with Gasteiger partial charge in [0.05, 0.1) is 24.3 Å². The Morgan fingerprint density at radius 2 is 1.96 bits per heavy atom. The van der Waals surface area contributed by atoms with Crippen LogP contribution in [0.4, 0.5) is 13.2 Å². The quantitative estimate of drug-likeness (QED) is 0.894. The molecular weight excluding hydrogens is 313 g/mol. The Kier molecular flexibility index (Phi) is 3.99. The molecule has 0 saturated carbocycles. The topological polar surface area (TPSA) is 75.9 Å². The highest BCUT2D eigenvalue weighted by atomic mass is 19.4. The molecule has 0 spiro atoms. The summed E-state index contributed by atoms with van der Waals surface area (Å²) in [5.41, 5.74) is -0.303. The molecule has 1 fully saturated rings. The van der Waals surface area contributed by atoms with Crippen molar-refractivity contribution < 1.29 is 18.0 Å². The summed E-state index contributed by atoms with van der Waals surface area (Å²) in [5.74, 6) is 0.379. The van der Waals surface area contributed by atoms with Gasteiger partial charge in [0, 0.05) is 13.1 Å². The van der Waals surface area contributed by atoms with E-state index in [0.717, 1.165) is 12.1 Å². The summed E-state index contributed by atoms with van der Waals surface area (Å²) in [5, 5.41) is 14.0. The maximum absolute atomic E-state index is 12.6. The fraction of sp³-hybridized carbons (Fsp3) is 0.385. The van der Waals surface area contributed by atoms with E-state index < -0.39 is 11.7 Å². The number of hydrogen-bond donors (Lipinski definition) is 1. The number of hydrogen-bond acceptors (Lipinski definition) is 5. The average molecular weight is 326 g/mol. The molecule has 1 N–H and O–H groups in total. The largest absolute Gasteiger partial charge is 0.416 e. The molecule has 1 aromatic carbocycles. The smallest absolute Gasteiger partial charge is 0.354 e. The molecule has 2 heterocycles. The highest BCUT2D eigenvalue weighted by Gasteiger charge is 2.30. The molecule has 23 heavy (non-hydrogen) atoms. The maximum atomic E-state index is 12.6. The fourth-order valence-electron chi connectivity index (χ4n) is 2.32. The zero-order valence-corrected chi connectivity index (χ0v) is 11.9. The minimum absolute atomic E-state index is 0.0789. The van der Waals surface area contributed by atoms with Crippen LogP contribution in [-0.2, 0) is 17.5 Å². The third kappa shape index (κ3) is 3.47. The number of rotatable bonds is 3. The van der Waals surface area contributed by atoms with Crippen LogP contribution in [-0.4, -0.2) is 50.6 Å². The van der Waals surface area contributed by atoms with E-state index in [1.807, 2.05) is 4.90 Å². The molecule has 0 bridgehead atoms. The van der Waals surface area contributed by atoms with Crippen molar-refractivity contribution in [1.29, 1.82) is 0 Å². The summed E-state index contributed by atoms with van der Waals surface area (Å²) in [6.07, 6.45) is -4.39. The van der Waals surface area contributed by atoms with Gasteiger partial charge in [-0.3, -0.25) is 9.69 Å². The van der Waals surface area contributed by atoms with Gasteiger partial charge < -0.3 is 5.32 Å². The first-order chi connectivity index (χ1) is 10.9. The summed E-state index contributed by atoms with van der Waals surface area (Å²) < 4.78 is 39.2. The summed E-state index contributed by atoms with van der Waals surface area (Å²) in [6, 6.07) is 4.58. The molecule has 2 aromatic rings. The summed E-state index contributed by atoms with van der Waals surface area (Å²) in [6.45, 7) is 1.77. The van der Waals surface area contributed by atoms with Gasteiger partial charge in [-0.15, -0.1) is 5.10 Å². The molecular formula is C13H13F3N6O. The average Bonchev–Trinajstić information content (AvgIpc) is 2.94. The lowest BCUT2D eigenvalue weighted by Gasteiger charge is -2.25. The molecule has 0 atom stereocenters. The Hall–Kier alpha value is -2.49. The zero-order valence-electron chi connectivity index (χ0n) is 11.9. The lowest BCUT2D eigenvalue weighted by molar-refractivity contribution is -0.137. The minimum Gasteiger partial charge on any atom is -0.354 e. The number of aromatic nitrogens is 4. The van der Waals surface area contributed by atoms with Crippen LogP contribution in [0, 0.1) is 0 Å². The minimum atomic E-state index is -4.39. The van der Waals surface area contributed by atoms with Crippen molar-refractivity contribution in [3.8, 4) is 5.69 Å². The Labute approximate surface area is 129 Å². The zero-order chi connectivity index (χ0) is 16.4. The van der Waals surface area contributed by atoms with Crippen molar-refractivity contribution >= 4 is 5.91 Å². The van der Waals surface area contributed by atoms with Crippen LogP contribution < -0.4 is 5.32 Å². The van der Waals surface area contributed by atoms with Gasteiger partial charge in [0.25, 0.3) is 0 Å². The molecule has 7 nitrogen and oxygen atoms in total. The van der Waals surface area contributed by atoms with Gasteiger partial charge >= 0.3 is 6.18 Å². The number of benzene rings is 1. The summed E-state index contributed by atoms with van der Waals surface area (Å²) in [4.78, 5) is 13.2. The fourth-order valence-corrected chi connectivity index (χ4v) is 2.32. The van der Waals surface area contributed by atoms with Gasteiger partial charge in [-0.05, 0) is 34.7 Å². The molecule has 1 saturated heterocycles. The van der Waals surface area contributed by atoms with Crippen LogP contribution >= 0.6 is 0 Å². The second kappa shape index (κ2) is 5.95. The molecule has 122 valence electrons. The van der Waals surface area contributed by atoms with Crippen LogP contribution in [0.25, 0.3) is 5.69 Å². The van der Waals surface area contributed by atoms with Crippen LogP contribution in [0.3, 0.4) is 0 Å². The molecule has 3 rings (SSSR count). The van der Waals surface area contributed by atoms with Crippen molar-refractivity contribution in [2.24, 2.45) is 0 Å². The van der Waals surface area contributed by atoms with Crippen molar-refractivity contribution in [2.75, 3.05) is 19.6 Å². The molecule has 1 amide bonds. The second-order valence-corrected chi connectivity index (χ2v) is 5.11. The Morgan fingerprint density at radius 1 is 1.22 bits per heavy atom. The Balaban J connectivity index is 1.79. The highest BCUT2D eigenvalue weighted by Crippen LogP contribution is 2.29. The summed E-state index contributed by atoms with van der Waals surface area (Å²) in [7, 11) is 0. The molecule has 1 aliphatic heterocycles. The number of alkyl halides is 3. The van der Waals surface area contributed by atoms with Gasteiger partial charge in [0.2, 0.25) is 5.91 Å². The number of tetrazole rings is 1. The predicted octanol–water partition coefficient (Wildman–Crippen LogP) is 0.613. The number of nitrogens with zero attached hydrogens (tertiary/aromatic N) is 5. The number of piperazine rings is 1. The van der Waals surface area contributed by atoms with Gasteiger partial charge in [0.1, 0.15) is 0 Å². The molecule has 1 aromatic heterocycles. The molecule has 1 aliphatic rings. The molecule has 0 aliphatic carbocycles.